The molecular formula is C18H26N6O7. The molecule has 4 atom stereocenters. The highest BCUT2D eigenvalue weighted by molar-refractivity contribution is 5.95. The Kier molecular flexibility index (Phi) is 8.07. The molecule has 2 heterocycles. The van der Waals surface area contributed by atoms with Gasteiger partial charge in [0.1, 0.15) is 18.1 Å². The maximum absolute atomic E-state index is 12.9. The zero-order chi connectivity index (χ0) is 23.1. The Morgan fingerprint density at radius 3 is 2.58 bits per heavy atom. The molecule has 0 aliphatic carbocycles. The summed E-state index contributed by atoms with van der Waals surface area (Å²) in [5.41, 5.74) is 6.18. The molecule has 0 spiro atoms. The fourth-order valence-corrected chi connectivity index (χ4v) is 3.26. The number of carboxylic acids is 2. The summed E-state index contributed by atoms with van der Waals surface area (Å²) in [5, 5.41) is 22.7. The van der Waals surface area contributed by atoms with Gasteiger partial charge in [-0.2, -0.15) is 0 Å². The van der Waals surface area contributed by atoms with Crippen molar-refractivity contribution in [1.82, 2.24) is 25.5 Å². The van der Waals surface area contributed by atoms with Crippen LogP contribution in [-0.4, -0.2) is 85.5 Å². The number of nitrogens with two attached hydrogens (primary N) is 1. The zero-order valence-electron chi connectivity index (χ0n) is 16.9. The topological polar surface area (TPSA) is 208 Å². The van der Waals surface area contributed by atoms with E-state index in [-0.39, 0.29) is 13.0 Å². The van der Waals surface area contributed by atoms with E-state index >= 15 is 0 Å². The van der Waals surface area contributed by atoms with E-state index in [0.29, 0.717) is 18.5 Å². The fraction of sp³-hybridized carbons (Fsp3) is 0.556. The maximum Gasteiger partial charge on any atom is 0.325 e. The molecule has 1 fully saturated rings. The van der Waals surface area contributed by atoms with Gasteiger partial charge in [-0.05, 0) is 19.8 Å². The fourth-order valence-electron chi connectivity index (χ4n) is 3.26. The molecule has 2 rings (SSSR count). The molecule has 1 aliphatic heterocycles. The number of hydrogen-bond donors (Lipinski definition) is 6. The molecule has 13 heteroatoms. The van der Waals surface area contributed by atoms with Crippen molar-refractivity contribution in [3.05, 3.63) is 18.2 Å². The van der Waals surface area contributed by atoms with Gasteiger partial charge < -0.3 is 36.5 Å². The van der Waals surface area contributed by atoms with Crippen molar-refractivity contribution in [1.29, 1.82) is 0 Å². The summed E-state index contributed by atoms with van der Waals surface area (Å²) in [7, 11) is 0. The lowest BCUT2D eigenvalue weighted by molar-refractivity contribution is -0.144. The van der Waals surface area contributed by atoms with Gasteiger partial charge in [0.2, 0.25) is 17.7 Å². The summed E-state index contributed by atoms with van der Waals surface area (Å²) < 4.78 is 0. The number of rotatable bonds is 10. The van der Waals surface area contributed by atoms with Crippen molar-refractivity contribution in [2.75, 3.05) is 6.54 Å². The van der Waals surface area contributed by atoms with E-state index in [4.69, 9.17) is 15.9 Å². The lowest BCUT2D eigenvalue weighted by Gasteiger charge is -2.28. The van der Waals surface area contributed by atoms with Crippen LogP contribution < -0.4 is 16.4 Å². The van der Waals surface area contributed by atoms with E-state index in [0.717, 1.165) is 0 Å². The van der Waals surface area contributed by atoms with Crippen molar-refractivity contribution >= 4 is 29.7 Å². The molecule has 7 N–H and O–H groups in total. The van der Waals surface area contributed by atoms with E-state index in [9.17, 15) is 24.0 Å². The second kappa shape index (κ2) is 10.5. The molecule has 0 radical (unpaired) electrons. The highest BCUT2D eigenvalue weighted by Crippen LogP contribution is 2.19. The van der Waals surface area contributed by atoms with Gasteiger partial charge in [0.05, 0.1) is 18.8 Å². The Bertz CT molecular complexity index is 827. The predicted molar refractivity (Wildman–Crippen MR) is 104 cm³/mol. The number of hydrogen-bond acceptors (Lipinski definition) is 7. The Morgan fingerprint density at radius 2 is 2.00 bits per heavy atom. The second-order valence-electron chi connectivity index (χ2n) is 7.30. The van der Waals surface area contributed by atoms with Crippen LogP contribution in [0.1, 0.15) is 31.9 Å². The minimum atomic E-state index is -1.29. The lowest BCUT2D eigenvalue weighted by atomic mass is 10.1. The normalized spacial score (nSPS) is 18.6. The third-order valence-corrected chi connectivity index (χ3v) is 4.89. The molecule has 1 aromatic heterocycles. The number of aliphatic carboxylic acids is 2. The van der Waals surface area contributed by atoms with Gasteiger partial charge in [0.25, 0.3) is 0 Å². The molecule has 13 nitrogen and oxygen atoms in total. The van der Waals surface area contributed by atoms with Crippen molar-refractivity contribution in [2.45, 2.75) is 56.8 Å². The molecule has 1 saturated heterocycles. The Labute approximate surface area is 177 Å². The minimum absolute atomic E-state index is 0.0170. The van der Waals surface area contributed by atoms with Crippen LogP contribution >= 0.6 is 0 Å². The summed E-state index contributed by atoms with van der Waals surface area (Å²) in [4.78, 5) is 67.7. The van der Waals surface area contributed by atoms with Crippen molar-refractivity contribution in [2.24, 2.45) is 5.73 Å². The van der Waals surface area contributed by atoms with E-state index in [2.05, 4.69) is 20.6 Å². The first-order valence-electron chi connectivity index (χ1n) is 9.68. The summed E-state index contributed by atoms with van der Waals surface area (Å²) in [6.45, 7) is 1.52. The number of carbonyl (C=O) groups is 5. The largest absolute Gasteiger partial charge is 0.481 e. The molecule has 3 amide bonds. The average molecular weight is 438 g/mol. The van der Waals surface area contributed by atoms with E-state index in [1.165, 1.54) is 24.3 Å². The molecule has 0 saturated carbocycles. The molecular weight excluding hydrogens is 412 g/mol. The molecule has 31 heavy (non-hydrogen) atoms. The molecule has 1 aromatic rings. The number of carboxylic acid groups (broad SMARTS) is 2. The molecule has 0 bridgehead atoms. The summed E-state index contributed by atoms with van der Waals surface area (Å²) >= 11 is 0. The standard InChI is InChI=1S/C18H26N6O7/c1-9(18(30)31)22-15(27)12(5-10-7-20-8-21-10)23-16(28)13-3-2-4-24(13)17(29)11(19)6-14(25)26/h7-9,11-13H,2-6,19H2,1H3,(H,20,21)(H,22,27)(H,23,28)(H,25,26)(H,30,31). The van der Waals surface area contributed by atoms with Crippen LogP contribution in [0.15, 0.2) is 12.5 Å². The van der Waals surface area contributed by atoms with Gasteiger partial charge in [-0.1, -0.05) is 0 Å². The number of nitrogens with one attached hydrogen (secondary N) is 3. The predicted octanol–water partition coefficient (Wildman–Crippen LogP) is -2.18. The third-order valence-electron chi connectivity index (χ3n) is 4.89. The molecule has 0 aromatic carbocycles. The monoisotopic (exact) mass is 438 g/mol. The number of imidazole rings is 1. The van der Waals surface area contributed by atoms with Gasteiger partial charge >= 0.3 is 11.9 Å². The van der Waals surface area contributed by atoms with Crippen LogP contribution in [0.2, 0.25) is 0 Å². The van der Waals surface area contributed by atoms with Crippen LogP contribution in [0.4, 0.5) is 0 Å². The van der Waals surface area contributed by atoms with Crippen LogP contribution in [0.5, 0.6) is 0 Å². The third kappa shape index (κ3) is 6.50. The number of nitrogens with zero attached hydrogens (tertiary/aromatic N) is 2. The van der Waals surface area contributed by atoms with E-state index in [1.807, 2.05) is 0 Å². The second-order valence-corrected chi connectivity index (χ2v) is 7.30. The van der Waals surface area contributed by atoms with Crippen LogP contribution in [0.25, 0.3) is 0 Å². The lowest BCUT2D eigenvalue weighted by Crippen LogP contribution is -2.57. The number of aromatic nitrogens is 2. The number of carbonyl (C=O) groups excluding carboxylic acids is 3. The van der Waals surface area contributed by atoms with Crippen molar-refractivity contribution < 1.29 is 34.2 Å². The number of likely N-dealkylation sites (tertiary alicyclic amines) is 1. The Morgan fingerprint density at radius 1 is 1.29 bits per heavy atom. The summed E-state index contributed by atoms with van der Waals surface area (Å²) in [6.07, 6.45) is 3.14. The van der Waals surface area contributed by atoms with Gasteiger partial charge in [-0.3, -0.25) is 24.0 Å². The van der Waals surface area contributed by atoms with Crippen molar-refractivity contribution in [3.63, 3.8) is 0 Å². The molecule has 1 aliphatic rings. The maximum atomic E-state index is 12.9. The van der Waals surface area contributed by atoms with Gasteiger partial charge in [0.15, 0.2) is 0 Å². The van der Waals surface area contributed by atoms with E-state index in [1.54, 1.807) is 0 Å². The minimum Gasteiger partial charge on any atom is -0.481 e. The number of amides is 3. The quantitative estimate of drug-likeness (QED) is 0.234. The number of aromatic amines is 1. The summed E-state index contributed by atoms with van der Waals surface area (Å²) in [6, 6.07) is -4.50. The van der Waals surface area contributed by atoms with Crippen LogP contribution in [-0.2, 0) is 30.4 Å². The Balaban J connectivity index is 2.12. The highest BCUT2D eigenvalue weighted by atomic mass is 16.4. The number of H-pyrrole nitrogens is 1. The van der Waals surface area contributed by atoms with Crippen LogP contribution in [0, 0.1) is 0 Å². The van der Waals surface area contributed by atoms with Gasteiger partial charge in [-0.15, -0.1) is 0 Å². The summed E-state index contributed by atoms with van der Waals surface area (Å²) in [5.74, 6) is -4.45. The van der Waals surface area contributed by atoms with Crippen LogP contribution in [0.3, 0.4) is 0 Å². The first kappa shape index (κ1) is 23.8. The first-order chi connectivity index (χ1) is 14.6. The van der Waals surface area contributed by atoms with Gasteiger partial charge in [0, 0.05) is 24.9 Å². The molecule has 4 unspecified atom stereocenters. The smallest absolute Gasteiger partial charge is 0.325 e. The van der Waals surface area contributed by atoms with Gasteiger partial charge in [-0.25, -0.2) is 4.98 Å². The van der Waals surface area contributed by atoms with Crippen molar-refractivity contribution in [3.8, 4) is 0 Å². The zero-order valence-corrected chi connectivity index (χ0v) is 16.9. The Hall–Kier alpha value is -3.48. The first-order valence-corrected chi connectivity index (χ1v) is 9.68. The SMILES string of the molecule is CC(NC(=O)C(Cc1cnc[nH]1)NC(=O)C1CCCN1C(=O)C(N)CC(=O)O)C(=O)O. The average Bonchev–Trinajstić information content (AvgIpc) is 3.37. The highest BCUT2D eigenvalue weighted by Gasteiger charge is 2.38. The van der Waals surface area contributed by atoms with E-state index < -0.39 is 60.2 Å². The molecule has 170 valence electrons.